The van der Waals surface area contributed by atoms with Gasteiger partial charge in [0.25, 0.3) is 0 Å². The summed E-state index contributed by atoms with van der Waals surface area (Å²) in [5, 5.41) is 3.26. The van der Waals surface area contributed by atoms with Crippen molar-refractivity contribution in [3.8, 4) is 0 Å². The van der Waals surface area contributed by atoms with Gasteiger partial charge in [0.2, 0.25) is 0 Å². The Morgan fingerprint density at radius 2 is 1.81 bits per heavy atom. The first kappa shape index (κ1) is 14.0. The van der Waals surface area contributed by atoms with E-state index < -0.39 is 0 Å². The molecule has 1 N–H and O–H groups in total. The quantitative estimate of drug-likeness (QED) is 0.704. The molecule has 1 saturated carbocycles. The highest BCUT2D eigenvalue weighted by molar-refractivity contribution is 4.75. The van der Waals surface area contributed by atoms with E-state index in [0.29, 0.717) is 12.1 Å². The van der Waals surface area contributed by atoms with Crippen molar-refractivity contribution in [1.29, 1.82) is 0 Å². The van der Waals surface area contributed by atoms with Crippen LogP contribution >= 0.6 is 0 Å². The molecule has 3 unspecified atom stereocenters. The van der Waals surface area contributed by atoms with E-state index in [-0.39, 0.29) is 0 Å². The van der Waals surface area contributed by atoms with Crippen LogP contribution in [0.1, 0.15) is 52.9 Å². The first-order chi connectivity index (χ1) is 7.61. The van der Waals surface area contributed by atoms with E-state index in [2.05, 4.69) is 26.1 Å². The maximum absolute atomic E-state index is 5.99. The Labute approximate surface area is 101 Å². The summed E-state index contributed by atoms with van der Waals surface area (Å²) in [5.41, 5.74) is 0. The van der Waals surface area contributed by atoms with Gasteiger partial charge < -0.3 is 10.1 Å². The molecule has 0 aromatic carbocycles. The second-order valence-electron chi connectivity index (χ2n) is 5.74. The Morgan fingerprint density at radius 1 is 1.19 bits per heavy atom. The highest BCUT2D eigenvalue weighted by Crippen LogP contribution is 2.30. The second kappa shape index (κ2) is 7.29. The zero-order valence-electron chi connectivity index (χ0n) is 11.5. The minimum Gasteiger partial charge on any atom is -0.378 e. The average Bonchev–Trinajstić information content (AvgIpc) is 2.22. The lowest BCUT2D eigenvalue weighted by Gasteiger charge is -2.31. The molecule has 0 aliphatic heterocycles. The number of rotatable bonds is 6. The fourth-order valence-corrected chi connectivity index (χ4v) is 2.79. The number of hydrogen-bond acceptors (Lipinski definition) is 2. The predicted molar refractivity (Wildman–Crippen MR) is 69.7 cm³/mol. The summed E-state index contributed by atoms with van der Waals surface area (Å²) >= 11 is 0. The molecule has 1 rings (SSSR count). The summed E-state index contributed by atoms with van der Waals surface area (Å²) < 4.78 is 5.99. The third-order valence-electron chi connectivity index (χ3n) is 3.76. The van der Waals surface area contributed by atoms with Crippen molar-refractivity contribution in [1.82, 2.24) is 5.32 Å². The molecule has 0 bridgehead atoms. The molecule has 3 atom stereocenters. The van der Waals surface area contributed by atoms with Crippen molar-refractivity contribution in [2.75, 3.05) is 13.7 Å². The topological polar surface area (TPSA) is 21.3 Å². The molecule has 16 heavy (non-hydrogen) atoms. The van der Waals surface area contributed by atoms with Gasteiger partial charge in [-0.05, 0) is 57.9 Å². The molecule has 1 fully saturated rings. The summed E-state index contributed by atoms with van der Waals surface area (Å²) in [5.74, 6) is 1.70. The van der Waals surface area contributed by atoms with Crippen molar-refractivity contribution in [2.24, 2.45) is 11.8 Å². The van der Waals surface area contributed by atoms with Crippen molar-refractivity contribution in [3.63, 3.8) is 0 Å². The van der Waals surface area contributed by atoms with E-state index in [4.69, 9.17) is 4.74 Å². The van der Waals surface area contributed by atoms with E-state index in [1.165, 1.54) is 32.1 Å². The lowest BCUT2D eigenvalue weighted by molar-refractivity contribution is -0.000995. The maximum atomic E-state index is 5.99. The largest absolute Gasteiger partial charge is 0.378 e. The summed E-state index contributed by atoms with van der Waals surface area (Å²) in [6, 6.07) is 0.618. The van der Waals surface area contributed by atoms with E-state index >= 15 is 0 Å². The molecule has 0 aromatic rings. The van der Waals surface area contributed by atoms with Gasteiger partial charge in [-0.25, -0.2) is 0 Å². The first-order valence-corrected chi connectivity index (χ1v) is 6.90. The Hall–Kier alpha value is -0.0800. The molecule has 0 aromatic heterocycles. The third-order valence-corrected chi connectivity index (χ3v) is 3.76. The Kier molecular flexibility index (Phi) is 6.37. The van der Waals surface area contributed by atoms with Crippen molar-refractivity contribution in [3.05, 3.63) is 0 Å². The second-order valence-corrected chi connectivity index (χ2v) is 5.74. The molecule has 2 heteroatoms. The molecule has 0 amide bonds. The lowest BCUT2D eigenvalue weighted by atomic mass is 9.82. The van der Waals surface area contributed by atoms with Gasteiger partial charge >= 0.3 is 0 Å². The van der Waals surface area contributed by atoms with Crippen molar-refractivity contribution < 1.29 is 4.74 Å². The monoisotopic (exact) mass is 227 g/mol. The van der Waals surface area contributed by atoms with Crippen LogP contribution in [0.3, 0.4) is 0 Å². The van der Waals surface area contributed by atoms with Gasteiger partial charge in [0.15, 0.2) is 0 Å². The van der Waals surface area contributed by atoms with Crippen LogP contribution in [-0.2, 0) is 4.74 Å². The number of ether oxygens (including phenoxy) is 1. The summed E-state index contributed by atoms with van der Waals surface area (Å²) in [7, 11) is 2.02. The van der Waals surface area contributed by atoms with E-state index in [0.717, 1.165) is 18.4 Å². The number of nitrogens with one attached hydrogen (secondary N) is 1. The summed E-state index contributed by atoms with van der Waals surface area (Å²) in [4.78, 5) is 0. The molecule has 0 radical (unpaired) electrons. The summed E-state index contributed by atoms with van der Waals surface area (Å²) in [6.45, 7) is 7.88. The van der Waals surface area contributed by atoms with Crippen LogP contribution in [0.2, 0.25) is 0 Å². The third kappa shape index (κ3) is 5.31. The van der Waals surface area contributed by atoms with Gasteiger partial charge in [0, 0.05) is 12.6 Å². The van der Waals surface area contributed by atoms with Gasteiger partial charge in [-0.1, -0.05) is 13.8 Å². The highest BCUT2D eigenvalue weighted by atomic mass is 16.5. The van der Waals surface area contributed by atoms with E-state index in [1.807, 2.05) is 7.05 Å². The fourth-order valence-electron chi connectivity index (χ4n) is 2.79. The van der Waals surface area contributed by atoms with Crippen LogP contribution in [0.15, 0.2) is 0 Å². The normalized spacial score (nSPS) is 32.6. The highest BCUT2D eigenvalue weighted by Gasteiger charge is 2.24. The minimum atomic E-state index is 0.531. The van der Waals surface area contributed by atoms with Gasteiger partial charge in [0.05, 0.1) is 6.10 Å². The minimum absolute atomic E-state index is 0.531. The van der Waals surface area contributed by atoms with Crippen molar-refractivity contribution in [2.45, 2.75) is 65.0 Å². The first-order valence-electron chi connectivity index (χ1n) is 6.90. The molecule has 2 nitrogen and oxygen atoms in total. The van der Waals surface area contributed by atoms with Crippen LogP contribution in [-0.4, -0.2) is 25.8 Å². The van der Waals surface area contributed by atoms with Crippen LogP contribution < -0.4 is 5.32 Å². The molecular weight excluding hydrogens is 198 g/mol. The smallest absolute Gasteiger partial charge is 0.0580 e. The molecule has 96 valence electrons. The van der Waals surface area contributed by atoms with Crippen LogP contribution in [0.25, 0.3) is 0 Å². The standard InChI is InChI=1S/C14H29NO/c1-11-8-12(2)10-14(9-11)16-7-5-6-13(3)15-4/h11-15H,5-10H2,1-4H3. The van der Waals surface area contributed by atoms with Crippen LogP contribution in [0, 0.1) is 11.8 Å². The Bertz CT molecular complexity index is 174. The van der Waals surface area contributed by atoms with Gasteiger partial charge in [0.1, 0.15) is 0 Å². The van der Waals surface area contributed by atoms with E-state index in [9.17, 15) is 0 Å². The zero-order chi connectivity index (χ0) is 12.0. The van der Waals surface area contributed by atoms with Crippen molar-refractivity contribution >= 4 is 0 Å². The SMILES string of the molecule is CNC(C)CCCOC1CC(C)CC(C)C1. The lowest BCUT2D eigenvalue weighted by Crippen LogP contribution is -2.27. The molecule has 0 heterocycles. The zero-order valence-corrected chi connectivity index (χ0v) is 11.5. The van der Waals surface area contributed by atoms with Gasteiger partial charge in [-0.2, -0.15) is 0 Å². The Balaban J connectivity index is 2.08. The number of hydrogen-bond donors (Lipinski definition) is 1. The molecule has 1 aliphatic carbocycles. The predicted octanol–water partition coefficient (Wildman–Crippen LogP) is 3.22. The van der Waals surface area contributed by atoms with Crippen LogP contribution in [0.4, 0.5) is 0 Å². The molecular formula is C14H29NO. The van der Waals surface area contributed by atoms with Gasteiger partial charge in [-0.3, -0.25) is 0 Å². The maximum Gasteiger partial charge on any atom is 0.0580 e. The molecule has 0 spiro atoms. The molecule has 1 aliphatic rings. The molecule has 0 saturated heterocycles. The summed E-state index contributed by atoms with van der Waals surface area (Å²) in [6.07, 6.45) is 6.85. The average molecular weight is 227 g/mol. The van der Waals surface area contributed by atoms with E-state index in [1.54, 1.807) is 0 Å². The Morgan fingerprint density at radius 3 is 2.38 bits per heavy atom. The van der Waals surface area contributed by atoms with Gasteiger partial charge in [-0.15, -0.1) is 0 Å². The van der Waals surface area contributed by atoms with Crippen LogP contribution in [0.5, 0.6) is 0 Å². The fraction of sp³-hybridized carbons (Fsp3) is 1.00.